The van der Waals surface area contributed by atoms with E-state index in [1.807, 2.05) is 7.05 Å². The number of nitrogens with one attached hydrogen (secondary N) is 2. The first-order valence-electron chi connectivity index (χ1n) is 5.90. The quantitative estimate of drug-likeness (QED) is 0.460. The lowest BCUT2D eigenvalue weighted by Gasteiger charge is -2.32. The molecule has 1 aliphatic rings. The lowest BCUT2D eigenvalue weighted by atomic mass is 9.98. The third-order valence-corrected chi connectivity index (χ3v) is 3.07. The number of guanidine groups is 1. The highest BCUT2D eigenvalue weighted by Crippen LogP contribution is 2.14. The van der Waals surface area contributed by atoms with Gasteiger partial charge in [0.15, 0.2) is 5.96 Å². The van der Waals surface area contributed by atoms with Crippen molar-refractivity contribution in [3.8, 4) is 0 Å². The number of rotatable bonds is 3. The first-order valence-corrected chi connectivity index (χ1v) is 5.90. The van der Waals surface area contributed by atoms with Crippen LogP contribution in [0.4, 0.5) is 0 Å². The highest BCUT2D eigenvalue weighted by atomic mass is 127. The van der Waals surface area contributed by atoms with E-state index in [-0.39, 0.29) is 24.0 Å². The maximum atomic E-state index is 4.11. The van der Waals surface area contributed by atoms with Gasteiger partial charge in [-0.05, 0) is 31.8 Å². The van der Waals surface area contributed by atoms with E-state index in [0.29, 0.717) is 0 Å². The molecule has 0 aliphatic carbocycles. The molecule has 1 aliphatic heterocycles. The first kappa shape index (κ1) is 16.0. The van der Waals surface area contributed by atoms with Crippen LogP contribution in [-0.4, -0.2) is 51.1 Å². The van der Waals surface area contributed by atoms with Crippen molar-refractivity contribution in [2.45, 2.75) is 19.8 Å². The summed E-state index contributed by atoms with van der Waals surface area (Å²) in [6, 6.07) is 0. The van der Waals surface area contributed by atoms with E-state index >= 15 is 0 Å². The van der Waals surface area contributed by atoms with E-state index in [0.717, 1.165) is 18.4 Å². The summed E-state index contributed by atoms with van der Waals surface area (Å²) < 4.78 is 0. The lowest BCUT2D eigenvalue weighted by Crippen LogP contribution is -2.43. The van der Waals surface area contributed by atoms with Crippen molar-refractivity contribution in [2.24, 2.45) is 10.9 Å². The summed E-state index contributed by atoms with van der Waals surface area (Å²) in [6.45, 7) is 6.95. The number of halogens is 1. The number of likely N-dealkylation sites (tertiary alicyclic amines) is 1. The molecule has 0 aromatic rings. The van der Waals surface area contributed by atoms with Crippen LogP contribution in [0.25, 0.3) is 0 Å². The second-order valence-corrected chi connectivity index (χ2v) is 4.10. The Morgan fingerprint density at radius 1 is 1.50 bits per heavy atom. The summed E-state index contributed by atoms with van der Waals surface area (Å²) in [5.74, 6) is 1.66. The number of hydrogen-bond donors (Lipinski definition) is 2. The van der Waals surface area contributed by atoms with E-state index in [1.54, 1.807) is 7.05 Å². The smallest absolute Gasteiger partial charge is 0.190 e. The minimum absolute atomic E-state index is 0. The van der Waals surface area contributed by atoms with Crippen LogP contribution in [0.2, 0.25) is 0 Å². The van der Waals surface area contributed by atoms with Gasteiger partial charge in [-0.1, -0.05) is 6.92 Å². The van der Waals surface area contributed by atoms with Crippen LogP contribution in [0, 0.1) is 5.92 Å². The molecule has 1 unspecified atom stereocenters. The Bertz CT molecular complexity index is 208. The van der Waals surface area contributed by atoms with Gasteiger partial charge < -0.3 is 15.5 Å². The van der Waals surface area contributed by atoms with Gasteiger partial charge in [0.1, 0.15) is 0 Å². The first-order chi connectivity index (χ1) is 7.30. The minimum Gasteiger partial charge on any atom is -0.359 e. The van der Waals surface area contributed by atoms with Crippen molar-refractivity contribution < 1.29 is 0 Å². The van der Waals surface area contributed by atoms with Gasteiger partial charge in [0.25, 0.3) is 0 Å². The summed E-state index contributed by atoms with van der Waals surface area (Å²) in [7, 11) is 3.70. The van der Waals surface area contributed by atoms with Gasteiger partial charge in [-0.15, -0.1) is 24.0 Å². The molecule has 1 fully saturated rings. The van der Waals surface area contributed by atoms with E-state index < -0.39 is 0 Å². The molecule has 1 rings (SSSR count). The monoisotopic (exact) mass is 340 g/mol. The zero-order chi connectivity index (χ0) is 11.1. The third kappa shape index (κ3) is 5.34. The zero-order valence-corrected chi connectivity index (χ0v) is 13.0. The minimum atomic E-state index is 0. The van der Waals surface area contributed by atoms with Crippen LogP contribution in [0.3, 0.4) is 0 Å². The molecule has 16 heavy (non-hydrogen) atoms. The second kappa shape index (κ2) is 9.04. The van der Waals surface area contributed by atoms with E-state index in [2.05, 4.69) is 27.4 Å². The van der Waals surface area contributed by atoms with Crippen LogP contribution < -0.4 is 10.6 Å². The van der Waals surface area contributed by atoms with Crippen LogP contribution in [0.5, 0.6) is 0 Å². The molecule has 0 aromatic heterocycles. The Morgan fingerprint density at radius 2 is 2.25 bits per heavy atom. The summed E-state index contributed by atoms with van der Waals surface area (Å²) in [4.78, 5) is 6.64. The molecule has 1 saturated heterocycles. The highest BCUT2D eigenvalue weighted by molar-refractivity contribution is 14.0. The fourth-order valence-electron chi connectivity index (χ4n) is 2.13. The Hall–Kier alpha value is -0.0400. The van der Waals surface area contributed by atoms with Crippen molar-refractivity contribution in [1.29, 1.82) is 0 Å². The predicted octanol–water partition coefficient (Wildman–Crippen LogP) is 1.13. The molecule has 0 amide bonds. The highest BCUT2D eigenvalue weighted by Gasteiger charge is 2.18. The molecule has 0 spiro atoms. The largest absolute Gasteiger partial charge is 0.359 e. The van der Waals surface area contributed by atoms with Crippen LogP contribution in [-0.2, 0) is 0 Å². The van der Waals surface area contributed by atoms with Gasteiger partial charge in [0, 0.05) is 27.2 Å². The van der Waals surface area contributed by atoms with E-state index in [1.165, 1.54) is 32.5 Å². The molecular weight excluding hydrogens is 315 g/mol. The topological polar surface area (TPSA) is 39.7 Å². The molecular formula is C11H25IN4. The summed E-state index contributed by atoms with van der Waals surface area (Å²) in [5, 5.41) is 6.39. The Labute approximate surface area is 116 Å². The molecule has 96 valence electrons. The number of hydrogen-bond acceptors (Lipinski definition) is 2. The second-order valence-electron chi connectivity index (χ2n) is 4.10. The number of nitrogens with zero attached hydrogens (tertiary/aromatic N) is 2. The SMILES string of the molecule is CCN1CCCC(CNC(=NC)NC)C1.I. The fraction of sp³-hybridized carbons (Fsp3) is 0.909. The predicted molar refractivity (Wildman–Crippen MR) is 80.7 cm³/mol. The van der Waals surface area contributed by atoms with Crippen molar-refractivity contribution in [1.82, 2.24) is 15.5 Å². The summed E-state index contributed by atoms with van der Waals surface area (Å²) >= 11 is 0. The van der Waals surface area contributed by atoms with E-state index in [9.17, 15) is 0 Å². The molecule has 2 N–H and O–H groups in total. The Balaban J connectivity index is 0.00000225. The van der Waals surface area contributed by atoms with Crippen molar-refractivity contribution in [3.05, 3.63) is 0 Å². The normalized spacial score (nSPS) is 22.4. The molecule has 4 nitrogen and oxygen atoms in total. The summed E-state index contributed by atoms with van der Waals surface area (Å²) in [5.41, 5.74) is 0. The Kier molecular flexibility index (Phi) is 9.02. The van der Waals surface area contributed by atoms with Crippen LogP contribution >= 0.6 is 24.0 Å². The Morgan fingerprint density at radius 3 is 2.81 bits per heavy atom. The maximum absolute atomic E-state index is 4.11. The number of aliphatic imine (C=N–C) groups is 1. The maximum Gasteiger partial charge on any atom is 0.190 e. The van der Waals surface area contributed by atoms with Gasteiger partial charge in [-0.25, -0.2) is 0 Å². The average molecular weight is 340 g/mol. The average Bonchev–Trinajstić information content (AvgIpc) is 2.31. The molecule has 1 atom stereocenters. The van der Waals surface area contributed by atoms with Crippen LogP contribution in [0.15, 0.2) is 4.99 Å². The van der Waals surface area contributed by atoms with Crippen molar-refractivity contribution in [3.63, 3.8) is 0 Å². The summed E-state index contributed by atoms with van der Waals surface area (Å²) in [6.07, 6.45) is 2.67. The third-order valence-electron chi connectivity index (χ3n) is 3.07. The standard InChI is InChI=1S/C11H24N4.HI/c1-4-15-7-5-6-10(9-15)8-14-11(12-2)13-3;/h10H,4-9H2,1-3H3,(H2,12,13,14);1H. The van der Waals surface area contributed by atoms with E-state index in [4.69, 9.17) is 0 Å². The molecule has 0 aromatic carbocycles. The lowest BCUT2D eigenvalue weighted by molar-refractivity contribution is 0.183. The molecule has 0 bridgehead atoms. The fourth-order valence-corrected chi connectivity index (χ4v) is 2.13. The van der Waals surface area contributed by atoms with Gasteiger partial charge >= 0.3 is 0 Å². The van der Waals surface area contributed by atoms with Gasteiger partial charge in [-0.2, -0.15) is 0 Å². The molecule has 0 radical (unpaired) electrons. The van der Waals surface area contributed by atoms with Crippen molar-refractivity contribution >= 4 is 29.9 Å². The van der Waals surface area contributed by atoms with Gasteiger partial charge in [0.2, 0.25) is 0 Å². The van der Waals surface area contributed by atoms with Crippen LogP contribution in [0.1, 0.15) is 19.8 Å². The molecule has 5 heteroatoms. The number of piperidine rings is 1. The van der Waals surface area contributed by atoms with Gasteiger partial charge in [-0.3, -0.25) is 4.99 Å². The van der Waals surface area contributed by atoms with Gasteiger partial charge in [0.05, 0.1) is 0 Å². The molecule has 1 heterocycles. The molecule has 0 saturated carbocycles. The zero-order valence-electron chi connectivity index (χ0n) is 10.6. The van der Waals surface area contributed by atoms with Crippen molar-refractivity contribution in [2.75, 3.05) is 40.3 Å².